The second-order valence-corrected chi connectivity index (χ2v) is 3.51. The molecular formula is C11H13ClO4. The summed E-state index contributed by atoms with van der Waals surface area (Å²) in [6.45, 7) is 0. The van der Waals surface area contributed by atoms with Gasteiger partial charge >= 0.3 is 5.97 Å². The van der Waals surface area contributed by atoms with Crippen molar-refractivity contribution in [2.45, 2.75) is 18.1 Å². The van der Waals surface area contributed by atoms with Crippen molar-refractivity contribution in [3.05, 3.63) is 35.4 Å². The van der Waals surface area contributed by atoms with Gasteiger partial charge in [0, 0.05) is 5.88 Å². The van der Waals surface area contributed by atoms with Crippen molar-refractivity contribution < 1.29 is 19.7 Å². The Hall–Kier alpha value is -1.10. The SMILES string of the molecule is COC(=O)C(O)C(O)c1ccccc1CCl. The molecule has 0 aliphatic heterocycles. The number of esters is 1. The van der Waals surface area contributed by atoms with Crippen molar-refractivity contribution in [3.63, 3.8) is 0 Å². The van der Waals surface area contributed by atoms with Crippen LogP contribution in [0.1, 0.15) is 17.2 Å². The van der Waals surface area contributed by atoms with E-state index in [1.807, 2.05) is 0 Å². The van der Waals surface area contributed by atoms with Crippen LogP contribution < -0.4 is 0 Å². The Kier molecular flexibility index (Phi) is 4.73. The number of rotatable bonds is 4. The minimum Gasteiger partial charge on any atom is -0.467 e. The third-order valence-electron chi connectivity index (χ3n) is 2.26. The highest BCUT2D eigenvalue weighted by molar-refractivity contribution is 6.17. The van der Waals surface area contributed by atoms with Crippen LogP contribution in [0.5, 0.6) is 0 Å². The molecule has 4 nitrogen and oxygen atoms in total. The molecule has 2 unspecified atom stereocenters. The van der Waals surface area contributed by atoms with E-state index in [1.54, 1.807) is 24.3 Å². The van der Waals surface area contributed by atoms with Crippen LogP contribution in [0.4, 0.5) is 0 Å². The number of aliphatic hydroxyl groups is 2. The summed E-state index contributed by atoms with van der Waals surface area (Å²) in [5.41, 5.74) is 1.09. The topological polar surface area (TPSA) is 66.8 Å². The fourth-order valence-electron chi connectivity index (χ4n) is 1.36. The quantitative estimate of drug-likeness (QED) is 0.612. The van der Waals surface area contributed by atoms with E-state index in [0.29, 0.717) is 11.1 Å². The van der Waals surface area contributed by atoms with Crippen LogP contribution in [0, 0.1) is 0 Å². The molecule has 0 aliphatic rings. The third kappa shape index (κ3) is 2.72. The molecule has 16 heavy (non-hydrogen) atoms. The van der Waals surface area contributed by atoms with Gasteiger partial charge in [0.25, 0.3) is 0 Å². The van der Waals surface area contributed by atoms with Gasteiger partial charge in [0.2, 0.25) is 0 Å². The standard InChI is InChI=1S/C11H13ClO4/c1-16-11(15)10(14)9(13)8-5-3-2-4-7(8)6-12/h2-5,9-10,13-14H,6H2,1H3. The zero-order chi connectivity index (χ0) is 12.1. The van der Waals surface area contributed by atoms with Crippen molar-refractivity contribution in [2.24, 2.45) is 0 Å². The van der Waals surface area contributed by atoms with Gasteiger partial charge in [-0.1, -0.05) is 24.3 Å². The second-order valence-electron chi connectivity index (χ2n) is 3.25. The molecule has 1 aromatic rings. The lowest BCUT2D eigenvalue weighted by molar-refractivity contribution is -0.156. The summed E-state index contributed by atoms with van der Waals surface area (Å²) >= 11 is 5.69. The van der Waals surface area contributed by atoms with Gasteiger partial charge in [-0.15, -0.1) is 11.6 Å². The van der Waals surface area contributed by atoms with Crippen LogP contribution >= 0.6 is 11.6 Å². The lowest BCUT2D eigenvalue weighted by atomic mass is 9.99. The van der Waals surface area contributed by atoms with Crippen LogP contribution in [-0.2, 0) is 15.4 Å². The maximum Gasteiger partial charge on any atom is 0.337 e. The summed E-state index contributed by atoms with van der Waals surface area (Å²) in [5.74, 6) is -0.682. The Morgan fingerprint density at radius 1 is 1.44 bits per heavy atom. The summed E-state index contributed by atoms with van der Waals surface area (Å²) in [5, 5.41) is 19.3. The van der Waals surface area contributed by atoms with Gasteiger partial charge in [0.05, 0.1) is 7.11 Å². The molecular weight excluding hydrogens is 232 g/mol. The number of halogens is 1. The monoisotopic (exact) mass is 244 g/mol. The first kappa shape index (κ1) is 13.0. The highest BCUT2D eigenvalue weighted by Gasteiger charge is 2.27. The van der Waals surface area contributed by atoms with Gasteiger partial charge in [-0.25, -0.2) is 4.79 Å². The van der Waals surface area contributed by atoms with E-state index in [4.69, 9.17) is 11.6 Å². The highest BCUT2D eigenvalue weighted by Crippen LogP contribution is 2.22. The third-order valence-corrected chi connectivity index (χ3v) is 2.55. The van der Waals surface area contributed by atoms with E-state index in [-0.39, 0.29) is 5.88 Å². The number of hydrogen-bond donors (Lipinski definition) is 2. The van der Waals surface area contributed by atoms with E-state index in [2.05, 4.69) is 4.74 Å². The molecule has 0 aromatic heterocycles. The number of methoxy groups -OCH3 is 1. The molecule has 2 N–H and O–H groups in total. The molecule has 0 aliphatic carbocycles. The molecule has 0 fully saturated rings. The Morgan fingerprint density at radius 2 is 2.06 bits per heavy atom. The molecule has 2 atom stereocenters. The van der Waals surface area contributed by atoms with Crippen molar-refractivity contribution in [1.82, 2.24) is 0 Å². The van der Waals surface area contributed by atoms with Gasteiger partial charge in [-0.05, 0) is 11.1 Å². The predicted molar refractivity (Wildman–Crippen MR) is 59.0 cm³/mol. The fourth-order valence-corrected chi connectivity index (χ4v) is 1.61. The molecule has 0 saturated carbocycles. The van der Waals surface area contributed by atoms with E-state index >= 15 is 0 Å². The fraction of sp³-hybridized carbons (Fsp3) is 0.364. The number of carbonyl (C=O) groups excluding carboxylic acids is 1. The minimum absolute atomic E-state index is 0.196. The summed E-state index contributed by atoms with van der Waals surface area (Å²) in [6, 6.07) is 6.78. The summed E-state index contributed by atoms with van der Waals surface area (Å²) in [6.07, 6.45) is -2.93. The van der Waals surface area contributed by atoms with Gasteiger partial charge < -0.3 is 14.9 Å². The van der Waals surface area contributed by atoms with Gasteiger partial charge in [-0.3, -0.25) is 0 Å². The van der Waals surface area contributed by atoms with E-state index in [1.165, 1.54) is 0 Å². The molecule has 0 saturated heterocycles. The van der Waals surface area contributed by atoms with Gasteiger partial charge in [-0.2, -0.15) is 0 Å². The minimum atomic E-state index is -1.60. The largest absolute Gasteiger partial charge is 0.467 e. The smallest absolute Gasteiger partial charge is 0.337 e. The van der Waals surface area contributed by atoms with Crippen molar-refractivity contribution in [1.29, 1.82) is 0 Å². The summed E-state index contributed by atoms with van der Waals surface area (Å²) < 4.78 is 4.35. The Labute approximate surface area is 98.4 Å². The van der Waals surface area contributed by atoms with Gasteiger partial charge in [0.15, 0.2) is 6.10 Å². The normalized spacial score (nSPS) is 14.2. The first-order valence-corrected chi connectivity index (χ1v) is 5.23. The molecule has 0 bridgehead atoms. The zero-order valence-corrected chi connectivity index (χ0v) is 9.52. The Bertz CT molecular complexity index is 367. The second kappa shape index (κ2) is 5.84. The number of hydrogen-bond acceptors (Lipinski definition) is 4. The lowest BCUT2D eigenvalue weighted by Crippen LogP contribution is -2.29. The molecule has 88 valence electrons. The van der Waals surface area contributed by atoms with Crippen LogP contribution in [0.2, 0.25) is 0 Å². The van der Waals surface area contributed by atoms with Crippen molar-refractivity contribution in [2.75, 3.05) is 7.11 Å². The van der Waals surface area contributed by atoms with Crippen LogP contribution in [-0.4, -0.2) is 29.4 Å². The van der Waals surface area contributed by atoms with E-state index in [9.17, 15) is 15.0 Å². The van der Waals surface area contributed by atoms with E-state index < -0.39 is 18.2 Å². The van der Waals surface area contributed by atoms with Crippen LogP contribution in [0.25, 0.3) is 0 Å². The average Bonchev–Trinajstić information content (AvgIpc) is 2.35. The number of carbonyl (C=O) groups is 1. The first-order valence-electron chi connectivity index (χ1n) is 4.69. The lowest BCUT2D eigenvalue weighted by Gasteiger charge is -2.18. The molecule has 0 radical (unpaired) electrons. The molecule has 0 amide bonds. The van der Waals surface area contributed by atoms with Crippen LogP contribution in [0.15, 0.2) is 24.3 Å². The molecule has 0 heterocycles. The summed E-state index contributed by atoms with van der Waals surface area (Å²) in [4.78, 5) is 11.1. The number of aliphatic hydroxyl groups excluding tert-OH is 2. The average molecular weight is 245 g/mol. The van der Waals surface area contributed by atoms with Crippen molar-refractivity contribution >= 4 is 17.6 Å². The molecule has 1 aromatic carbocycles. The number of ether oxygens (including phenoxy) is 1. The molecule has 1 rings (SSSR count). The maximum absolute atomic E-state index is 11.1. The van der Waals surface area contributed by atoms with Crippen molar-refractivity contribution in [3.8, 4) is 0 Å². The molecule has 5 heteroatoms. The summed E-state index contributed by atoms with van der Waals surface area (Å²) in [7, 11) is 1.14. The predicted octanol–water partition coefficient (Wildman–Crippen LogP) is 0.993. The number of benzene rings is 1. The van der Waals surface area contributed by atoms with Gasteiger partial charge in [0.1, 0.15) is 6.10 Å². The zero-order valence-electron chi connectivity index (χ0n) is 8.76. The Morgan fingerprint density at radius 3 is 2.62 bits per heavy atom. The Balaban J connectivity index is 2.95. The first-order chi connectivity index (χ1) is 7.61. The molecule has 0 spiro atoms. The van der Waals surface area contributed by atoms with Crippen LogP contribution in [0.3, 0.4) is 0 Å². The van der Waals surface area contributed by atoms with E-state index in [0.717, 1.165) is 7.11 Å². The highest BCUT2D eigenvalue weighted by atomic mass is 35.5. The maximum atomic E-state index is 11.1. The number of alkyl halides is 1.